The van der Waals surface area contributed by atoms with E-state index in [0.717, 1.165) is 0 Å². The number of rotatable bonds is 5. The predicted octanol–water partition coefficient (Wildman–Crippen LogP) is 0.918. The lowest BCUT2D eigenvalue weighted by atomic mass is 9.67. The first-order chi connectivity index (χ1) is 7.10. The first-order valence-corrected chi connectivity index (χ1v) is 5.66. The summed E-state index contributed by atoms with van der Waals surface area (Å²) in [6.45, 7) is 10.2. The highest BCUT2D eigenvalue weighted by Crippen LogP contribution is 2.40. The molecule has 0 heterocycles. The van der Waals surface area contributed by atoms with E-state index in [2.05, 4.69) is 39.9 Å². The van der Waals surface area contributed by atoms with Crippen molar-refractivity contribution in [3.63, 3.8) is 0 Å². The summed E-state index contributed by atoms with van der Waals surface area (Å²) in [5.41, 5.74) is -0.0683. The maximum Gasteiger partial charge on any atom is 0.220 e. The maximum atomic E-state index is 11.6. The number of hydrogen-bond donors (Lipinski definition) is 3. The molecule has 0 aliphatic rings. The highest BCUT2D eigenvalue weighted by Gasteiger charge is 2.34. The van der Waals surface area contributed by atoms with Crippen LogP contribution in [0.1, 0.15) is 41.0 Å². The number of hydrogen-bond acceptors (Lipinski definition) is 3. The monoisotopic (exact) mass is 231 g/mol. The van der Waals surface area contributed by atoms with Crippen LogP contribution in [0, 0.1) is 10.8 Å². The third-order valence-corrected chi connectivity index (χ3v) is 3.38. The van der Waals surface area contributed by atoms with Crippen molar-refractivity contribution in [1.82, 2.24) is 5.32 Å². The second kappa shape index (κ2) is 5.64. The van der Waals surface area contributed by atoms with Crippen LogP contribution in [0.15, 0.2) is 0 Å². The van der Waals surface area contributed by atoms with Crippen molar-refractivity contribution < 1.29 is 15.0 Å². The van der Waals surface area contributed by atoms with Crippen LogP contribution < -0.4 is 5.32 Å². The smallest absolute Gasteiger partial charge is 0.220 e. The number of amides is 1. The van der Waals surface area contributed by atoms with Crippen molar-refractivity contribution in [3.05, 3.63) is 0 Å². The summed E-state index contributed by atoms with van der Waals surface area (Å²) in [4.78, 5) is 11.6. The Morgan fingerprint density at radius 3 is 2.12 bits per heavy atom. The molecule has 16 heavy (non-hydrogen) atoms. The van der Waals surface area contributed by atoms with Gasteiger partial charge in [0.1, 0.15) is 0 Å². The lowest BCUT2D eigenvalue weighted by Crippen LogP contribution is -2.39. The first-order valence-electron chi connectivity index (χ1n) is 5.66. The molecule has 0 rings (SSSR count). The van der Waals surface area contributed by atoms with Crippen LogP contribution in [0.4, 0.5) is 0 Å². The molecule has 0 aliphatic carbocycles. The summed E-state index contributed by atoms with van der Waals surface area (Å²) in [7, 11) is 0. The van der Waals surface area contributed by atoms with E-state index in [1.165, 1.54) is 0 Å². The number of carbonyl (C=O) groups excluding carboxylic acids is 1. The molecular weight excluding hydrogens is 206 g/mol. The predicted molar refractivity (Wildman–Crippen MR) is 64.0 cm³/mol. The highest BCUT2D eigenvalue weighted by atomic mass is 16.3. The highest BCUT2D eigenvalue weighted by molar-refractivity contribution is 5.76. The minimum Gasteiger partial charge on any atom is -0.394 e. The van der Waals surface area contributed by atoms with Crippen LogP contribution in [0.2, 0.25) is 0 Å². The molecule has 0 bridgehead atoms. The molecule has 0 fully saturated rings. The molecular formula is C12H25NO3. The van der Waals surface area contributed by atoms with Crippen molar-refractivity contribution >= 4 is 5.91 Å². The lowest BCUT2D eigenvalue weighted by molar-refractivity contribution is -0.125. The lowest BCUT2D eigenvalue weighted by Gasteiger charge is -2.38. The Morgan fingerprint density at radius 1 is 1.25 bits per heavy atom. The molecule has 0 aromatic rings. The molecule has 0 aromatic carbocycles. The van der Waals surface area contributed by atoms with E-state index in [9.17, 15) is 4.79 Å². The summed E-state index contributed by atoms with van der Waals surface area (Å²) in [6.07, 6.45) is -0.462. The average molecular weight is 231 g/mol. The number of aliphatic hydroxyl groups excluding tert-OH is 2. The minimum atomic E-state index is -0.873. The minimum absolute atomic E-state index is 0.0416. The number of nitrogens with one attached hydrogen (secondary N) is 1. The summed E-state index contributed by atoms with van der Waals surface area (Å²) < 4.78 is 0. The van der Waals surface area contributed by atoms with Gasteiger partial charge in [0.05, 0.1) is 12.7 Å². The van der Waals surface area contributed by atoms with Crippen LogP contribution in [0.25, 0.3) is 0 Å². The molecule has 3 N–H and O–H groups in total. The first kappa shape index (κ1) is 15.4. The van der Waals surface area contributed by atoms with E-state index in [-0.39, 0.29) is 29.9 Å². The largest absolute Gasteiger partial charge is 0.394 e. The Bertz CT molecular complexity index is 231. The molecule has 0 radical (unpaired) electrons. The zero-order valence-electron chi connectivity index (χ0n) is 11.0. The summed E-state index contributed by atoms with van der Waals surface area (Å²) in [5.74, 6) is -0.0903. The van der Waals surface area contributed by atoms with E-state index in [1.807, 2.05) is 0 Å². The van der Waals surface area contributed by atoms with Gasteiger partial charge in [-0.1, -0.05) is 34.6 Å². The van der Waals surface area contributed by atoms with Gasteiger partial charge in [-0.25, -0.2) is 0 Å². The maximum absolute atomic E-state index is 11.6. The third-order valence-electron chi connectivity index (χ3n) is 3.38. The van der Waals surface area contributed by atoms with E-state index in [1.54, 1.807) is 0 Å². The summed E-state index contributed by atoms with van der Waals surface area (Å²) in [5, 5.41) is 20.3. The average Bonchev–Trinajstić information content (AvgIpc) is 2.11. The zero-order chi connectivity index (χ0) is 13.0. The van der Waals surface area contributed by atoms with E-state index >= 15 is 0 Å². The van der Waals surface area contributed by atoms with Crippen molar-refractivity contribution in [3.8, 4) is 0 Å². The van der Waals surface area contributed by atoms with Gasteiger partial charge >= 0.3 is 0 Å². The van der Waals surface area contributed by atoms with Gasteiger partial charge in [0.15, 0.2) is 0 Å². The topological polar surface area (TPSA) is 69.6 Å². The van der Waals surface area contributed by atoms with Gasteiger partial charge in [-0.2, -0.15) is 0 Å². The van der Waals surface area contributed by atoms with Crippen LogP contribution >= 0.6 is 0 Å². The quantitative estimate of drug-likeness (QED) is 0.659. The second-order valence-corrected chi connectivity index (χ2v) is 5.95. The van der Waals surface area contributed by atoms with Crippen molar-refractivity contribution in [2.75, 3.05) is 13.2 Å². The van der Waals surface area contributed by atoms with E-state index < -0.39 is 6.10 Å². The fraction of sp³-hybridized carbons (Fsp3) is 0.917. The van der Waals surface area contributed by atoms with Crippen LogP contribution in [-0.2, 0) is 4.79 Å². The van der Waals surface area contributed by atoms with Gasteiger partial charge in [0, 0.05) is 13.0 Å². The fourth-order valence-corrected chi connectivity index (χ4v) is 1.03. The SMILES string of the molecule is CC(C)(C)C(C)(C)CC(=O)NCC(O)CO. The summed E-state index contributed by atoms with van der Waals surface area (Å²) >= 11 is 0. The number of carbonyl (C=O) groups is 1. The van der Waals surface area contributed by atoms with Crippen LogP contribution in [0.3, 0.4) is 0 Å². The van der Waals surface area contributed by atoms with Gasteiger partial charge in [-0.05, 0) is 10.8 Å². The van der Waals surface area contributed by atoms with Crippen molar-refractivity contribution in [1.29, 1.82) is 0 Å². The van der Waals surface area contributed by atoms with Crippen molar-refractivity contribution in [2.45, 2.75) is 47.1 Å². The Balaban J connectivity index is 4.15. The number of aliphatic hydroxyl groups is 2. The fourth-order valence-electron chi connectivity index (χ4n) is 1.03. The Labute approximate surface area is 98.1 Å². The molecule has 0 saturated heterocycles. The van der Waals surface area contributed by atoms with E-state index in [4.69, 9.17) is 10.2 Å². The normalized spacial score (nSPS) is 14.7. The molecule has 0 saturated carbocycles. The Hall–Kier alpha value is -0.610. The molecule has 1 unspecified atom stereocenters. The van der Waals surface area contributed by atoms with Gasteiger partial charge in [-0.3, -0.25) is 4.79 Å². The molecule has 96 valence electrons. The molecule has 0 aliphatic heterocycles. The van der Waals surface area contributed by atoms with Crippen LogP contribution in [-0.4, -0.2) is 35.4 Å². The zero-order valence-corrected chi connectivity index (χ0v) is 11.0. The molecule has 1 atom stereocenters. The van der Waals surface area contributed by atoms with E-state index in [0.29, 0.717) is 6.42 Å². The summed E-state index contributed by atoms with van der Waals surface area (Å²) in [6, 6.07) is 0. The third kappa shape index (κ3) is 4.94. The Morgan fingerprint density at radius 2 is 1.75 bits per heavy atom. The Kier molecular flexibility index (Phi) is 5.42. The second-order valence-electron chi connectivity index (χ2n) is 5.95. The van der Waals surface area contributed by atoms with Crippen molar-refractivity contribution in [2.24, 2.45) is 10.8 Å². The van der Waals surface area contributed by atoms with Gasteiger partial charge in [0.25, 0.3) is 0 Å². The molecule has 0 aromatic heterocycles. The molecule has 4 nitrogen and oxygen atoms in total. The van der Waals surface area contributed by atoms with Crippen LogP contribution in [0.5, 0.6) is 0 Å². The molecule has 0 spiro atoms. The van der Waals surface area contributed by atoms with Gasteiger partial charge in [0.2, 0.25) is 5.91 Å². The van der Waals surface area contributed by atoms with Gasteiger partial charge in [-0.15, -0.1) is 0 Å². The molecule has 1 amide bonds. The standard InChI is InChI=1S/C12H25NO3/c1-11(2,3)12(4,5)6-10(16)13-7-9(15)8-14/h9,14-15H,6-8H2,1-5H3,(H,13,16). The van der Waals surface area contributed by atoms with Gasteiger partial charge < -0.3 is 15.5 Å². The molecule has 4 heteroatoms.